The van der Waals surface area contributed by atoms with Gasteiger partial charge in [-0.1, -0.05) is 13.3 Å². The van der Waals surface area contributed by atoms with Crippen LogP contribution in [0.3, 0.4) is 0 Å². The molecule has 2 heterocycles. The van der Waals surface area contributed by atoms with Gasteiger partial charge in [0.2, 0.25) is 0 Å². The van der Waals surface area contributed by atoms with E-state index in [1.807, 2.05) is 14.0 Å². The van der Waals surface area contributed by atoms with E-state index in [2.05, 4.69) is 20.5 Å². The van der Waals surface area contributed by atoms with Crippen LogP contribution in [0.25, 0.3) is 0 Å². The molecule has 0 bridgehead atoms. The van der Waals surface area contributed by atoms with Crippen molar-refractivity contribution >= 4 is 40.7 Å². The number of ether oxygens (including phenoxy) is 1. The van der Waals surface area contributed by atoms with Gasteiger partial charge in [0.15, 0.2) is 5.96 Å². The van der Waals surface area contributed by atoms with Crippen LogP contribution in [0.15, 0.2) is 4.99 Å². The van der Waals surface area contributed by atoms with Gasteiger partial charge in [0.1, 0.15) is 0 Å². The molecule has 28 heavy (non-hydrogen) atoms. The Morgan fingerprint density at radius 3 is 2.57 bits per heavy atom. The average molecular weight is 527 g/mol. The van der Waals surface area contributed by atoms with Crippen LogP contribution in [0.5, 0.6) is 0 Å². The number of halogens is 1. The lowest BCUT2D eigenvalue weighted by Crippen LogP contribution is -2.59. The molecule has 2 N–H and O–H groups in total. The summed E-state index contributed by atoms with van der Waals surface area (Å²) >= 11 is 0. The third-order valence-electron chi connectivity index (χ3n) is 6.63. The number of nitrogens with zero attached hydrogens (tertiary/aromatic N) is 2. The van der Waals surface area contributed by atoms with Gasteiger partial charge in [-0.3, -0.25) is 14.1 Å². The van der Waals surface area contributed by atoms with E-state index in [4.69, 9.17) is 4.74 Å². The minimum atomic E-state index is -0.688. The van der Waals surface area contributed by atoms with Crippen molar-refractivity contribution in [1.29, 1.82) is 0 Å². The number of hydrogen-bond donors (Lipinski definition) is 2. The van der Waals surface area contributed by atoms with Gasteiger partial charge in [0.25, 0.3) is 0 Å². The largest absolute Gasteiger partial charge is 0.381 e. The normalized spacial score (nSPS) is 29.7. The predicted octanol–water partition coefficient (Wildman–Crippen LogP) is 2.49. The minimum absolute atomic E-state index is 0. The molecule has 0 spiro atoms. The van der Waals surface area contributed by atoms with Crippen LogP contribution < -0.4 is 10.6 Å². The van der Waals surface area contributed by atoms with Crippen LogP contribution in [-0.2, 0) is 15.5 Å². The smallest absolute Gasteiger partial charge is 0.191 e. The van der Waals surface area contributed by atoms with E-state index in [0.29, 0.717) is 11.3 Å². The third-order valence-corrected chi connectivity index (χ3v) is 8.37. The summed E-state index contributed by atoms with van der Waals surface area (Å²) in [5.41, 5.74) is 0.200. The molecule has 8 heteroatoms. The van der Waals surface area contributed by atoms with Crippen molar-refractivity contribution in [3.05, 3.63) is 0 Å². The summed E-state index contributed by atoms with van der Waals surface area (Å²) in [5, 5.41) is 7.58. The first kappa shape index (κ1) is 24.3. The number of guanidine groups is 1. The quantitative estimate of drug-likeness (QED) is 0.317. The second-order valence-electron chi connectivity index (χ2n) is 8.26. The number of rotatable bonds is 6. The van der Waals surface area contributed by atoms with Gasteiger partial charge in [-0.25, -0.2) is 0 Å². The predicted molar refractivity (Wildman–Crippen MR) is 128 cm³/mol. The van der Waals surface area contributed by atoms with E-state index in [9.17, 15) is 4.21 Å². The van der Waals surface area contributed by atoms with Gasteiger partial charge in [-0.05, 0) is 58.0 Å². The zero-order chi connectivity index (χ0) is 19.1. The summed E-state index contributed by atoms with van der Waals surface area (Å²) in [6.07, 6.45) is 9.20. The first-order valence-corrected chi connectivity index (χ1v) is 12.2. The van der Waals surface area contributed by atoms with Gasteiger partial charge in [0, 0.05) is 60.2 Å². The van der Waals surface area contributed by atoms with Crippen molar-refractivity contribution in [2.45, 2.75) is 75.1 Å². The van der Waals surface area contributed by atoms with Crippen molar-refractivity contribution in [2.75, 3.05) is 45.6 Å². The van der Waals surface area contributed by atoms with E-state index < -0.39 is 10.8 Å². The molecule has 1 saturated carbocycles. The number of aliphatic imine (C=N–C) groups is 1. The van der Waals surface area contributed by atoms with Crippen LogP contribution in [0.1, 0.15) is 58.3 Å². The zero-order valence-corrected chi connectivity index (χ0v) is 20.7. The number of nitrogens with one attached hydrogen (secondary N) is 2. The van der Waals surface area contributed by atoms with E-state index in [0.717, 1.165) is 70.0 Å². The highest BCUT2D eigenvalue weighted by Gasteiger charge is 2.39. The van der Waals surface area contributed by atoms with Crippen molar-refractivity contribution in [1.82, 2.24) is 15.5 Å². The Bertz CT molecular complexity index is 522. The standard InChI is InChI=1S/C20H38N4O2S.HI/c1-3-27(25)18-8-6-7-17(15-18)23-19(21-2)22-16-20(9-13-26-14-10-20)24-11-4-5-12-24;/h17-18H,3-16H2,1-2H3,(H2,21,22,23);1H. The first-order valence-electron chi connectivity index (χ1n) is 10.8. The molecule has 3 rings (SSSR count). The lowest BCUT2D eigenvalue weighted by molar-refractivity contribution is -0.0164. The lowest BCUT2D eigenvalue weighted by Gasteiger charge is -2.45. The first-order chi connectivity index (χ1) is 13.2. The van der Waals surface area contributed by atoms with Gasteiger partial charge in [-0.2, -0.15) is 0 Å². The molecule has 3 fully saturated rings. The van der Waals surface area contributed by atoms with Crippen LogP contribution >= 0.6 is 24.0 Å². The maximum Gasteiger partial charge on any atom is 0.191 e. The van der Waals surface area contributed by atoms with Gasteiger partial charge in [0.05, 0.1) is 0 Å². The van der Waals surface area contributed by atoms with E-state index in [1.54, 1.807) is 0 Å². The van der Waals surface area contributed by atoms with Crippen LogP contribution in [-0.4, -0.2) is 77.5 Å². The SMILES string of the molecule is CCS(=O)C1CCCC(NC(=NC)NCC2(N3CCCC3)CCOCC2)C1.I. The number of likely N-dealkylation sites (tertiary alicyclic amines) is 1. The fraction of sp³-hybridized carbons (Fsp3) is 0.950. The zero-order valence-electron chi connectivity index (χ0n) is 17.6. The fourth-order valence-electron chi connectivity index (χ4n) is 4.93. The maximum absolute atomic E-state index is 12.2. The molecule has 3 atom stereocenters. The molecule has 0 aromatic heterocycles. The Morgan fingerprint density at radius 1 is 1.21 bits per heavy atom. The van der Waals surface area contributed by atoms with Gasteiger partial charge in [-0.15, -0.1) is 24.0 Å². The topological polar surface area (TPSA) is 66.0 Å². The van der Waals surface area contributed by atoms with Crippen molar-refractivity contribution in [3.63, 3.8) is 0 Å². The van der Waals surface area contributed by atoms with E-state index in [-0.39, 0.29) is 29.5 Å². The second-order valence-corrected chi connectivity index (χ2v) is 10.3. The summed E-state index contributed by atoms with van der Waals surface area (Å²) in [4.78, 5) is 7.16. The summed E-state index contributed by atoms with van der Waals surface area (Å²) in [6, 6.07) is 0.378. The summed E-state index contributed by atoms with van der Waals surface area (Å²) in [6.45, 7) is 7.09. The fourth-order valence-corrected chi connectivity index (χ4v) is 6.28. The Morgan fingerprint density at radius 2 is 1.93 bits per heavy atom. The average Bonchev–Trinajstić information content (AvgIpc) is 3.27. The lowest BCUT2D eigenvalue weighted by atomic mass is 9.88. The van der Waals surface area contributed by atoms with Crippen molar-refractivity contribution < 1.29 is 8.95 Å². The number of hydrogen-bond acceptors (Lipinski definition) is 4. The molecular formula is C20H39IN4O2S. The van der Waals surface area contributed by atoms with Gasteiger partial charge < -0.3 is 15.4 Å². The molecule has 2 saturated heterocycles. The van der Waals surface area contributed by atoms with Crippen LogP contribution in [0, 0.1) is 0 Å². The van der Waals surface area contributed by atoms with E-state index in [1.165, 1.54) is 25.9 Å². The highest BCUT2D eigenvalue weighted by atomic mass is 127. The highest BCUT2D eigenvalue weighted by molar-refractivity contribution is 14.0. The highest BCUT2D eigenvalue weighted by Crippen LogP contribution is 2.30. The van der Waals surface area contributed by atoms with Gasteiger partial charge >= 0.3 is 0 Å². The van der Waals surface area contributed by atoms with Crippen LogP contribution in [0.4, 0.5) is 0 Å². The van der Waals surface area contributed by atoms with E-state index >= 15 is 0 Å². The molecule has 0 aromatic rings. The Balaban J connectivity index is 0.00000280. The molecule has 0 radical (unpaired) electrons. The molecule has 2 aliphatic heterocycles. The Kier molecular flexibility index (Phi) is 10.5. The molecule has 1 aliphatic carbocycles. The molecule has 3 unspecified atom stereocenters. The van der Waals surface area contributed by atoms with Crippen molar-refractivity contribution in [3.8, 4) is 0 Å². The monoisotopic (exact) mass is 526 g/mol. The summed E-state index contributed by atoms with van der Waals surface area (Å²) in [7, 11) is 1.17. The molecule has 0 aromatic carbocycles. The molecule has 0 amide bonds. The third kappa shape index (κ3) is 6.28. The molecule has 164 valence electrons. The minimum Gasteiger partial charge on any atom is -0.381 e. The summed E-state index contributed by atoms with van der Waals surface area (Å²) in [5.74, 6) is 1.66. The molecular weight excluding hydrogens is 487 g/mol. The van der Waals surface area contributed by atoms with Crippen molar-refractivity contribution in [2.24, 2.45) is 4.99 Å². The van der Waals surface area contributed by atoms with Crippen LogP contribution in [0.2, 0.25) is 0 Å². The second kappa shape index (κ2) is 12.1. The Hall–Kier alpha value is 0.0700. The summed E-state index contributed by atoms with van der Waals surface area (Å²) < 4.78 is 17.9. The molecule has 6 nitrogen and oxygen atoms in total. The maximum atomic E-state index is 12.2. The molecule has 3 aliphatic rings. The Labute approximate surface area is 190 Å².